The number of carbonyl (C=O) groups is 5. The number of primary amides is 1. The van der Waals surface area contributed by atoms with Crippen molar-refractivity contribution in [3.05, 3.63) is 0 Å². The number of carboxylic acids is 1. The van der Waals surface area contributed by atoms with Crippen LogP contribution in [-0.2, 0) is 24.0 Å². The van der Waals surface area contributed by atoms with E-state index in [1.54, 1.807) is 6.92 Å². The van der Waals surface area contributed by atoms with E-state index in [2.05, 4.69) is 28.6 Å². The van der Waals surface area contributed by atoms with Gasteiger partial charge in [-0.15, -0.1) is 0 Å². The largest absolute Gasteiger partial charge is 0.480 e. The molecular formula is C20H38N6O6S. The minimum absolute atomic E-state index is 0.147. The number of unbranched alkanes of at least 4 members (excludes halogenated alkanes) is 1. The van der Waals surface area contributed by atoms with Crippen molar-refractivity contribution >= 4 is 42.2 Å². The number of hydrogen-bond donors (Lipinski definition) is 8. The van der Waals surface area contributed by atoms with E-state index in [0.717, 1.165) is 6.42 Å². The maximum atomic E-state index is 13.0. The molecule has 0 saturated heterocycles. The average Bonchev–Trinajstić information content (AvgIpc) is 2.76. The summed E-state index contributed by atoms with van der Waals surface area (Å²) in [5.74, 6) is -4.44. The van der Waals surface area contributed by atoms with E-state index < -0.39 is 53.8 Å². The SMILES string of the molecule is CCC(C)C(NC(=O)C(N)CCCCN)C(=O)NC(CCC(N)=O)C(=O)NC(CS)C(=O)O. The Balaban J connectivity index is 5.44. The normalized spacial score (nSPS) is 15.4. The van der Waals surface area contributed by atoms with E-state index in [1.807, 2.05) is 6.92 Å². The Hall–Kier alpha value is -2.38. The highest BCUT2D eigenvalue weighted by molar-refractivity contribution is 7.80. The second-order valence-electron chi connectivity index (χ2n) is 7.91. The van der Waals surface area contributed by atoms with E-state index in [4.69, 9.17) is 22.3 Å². The third kappa shape index (κ3) is 11.9. The number of carboxylic acid groups (broad SMARTS) is 1. The van der Waals surface area contributed by atoms with E-state index in [1.165, 1.54) is 0 Å². The second kappa shape index (κ2) is 16.3. The summed E-state index contributed by atoms with van der Waals surface area (Å²) >= 11 is 3.89. The van der Waals surface area contributed by atoms with Gasteiger partial charge in [-0.25, -0.2) is 4.79 Å². The van der Waals surface area contributed by atoms with Gasteiger partial charge in [-0.05, 0) is 31.7 Å². The third-order valence-corrected chi connectivity index (χ3v) is 5.57. The molecular weight excluding hydrogens is 452 g/mol. The molecule has 0 aromatic heterocycles. The summed E-state index contributed by atoms with van der Waals surface area (Å²) in [7, 11) is 0. The lowest BCUT2D eigenvalue weighted by Crippen LogP contribution is -2.58. The number of hydrogen-bond acceptors (Lipinski definition) is 8. The van der Waals surface area contributed by atoms with Gasteiger partial charge in [0.1, 0.15) is 18.1 Å². The van der Waals surface area contributed by atoms with Crippen molar-refractivity contribution in [2.45, 2.75) is 76.5 Å². The number of amides is 4. The molecule has 10 N–H and O–H groups in total. The van der Waals surface area contributed by atoms with Gasteiger partial charge in [0.2, 0.25) is 23.6 Å². The number of nitrogens with one attached hydrogen (secondary N) is 3. The van der Waals surface area contributed by atoms with Crippen molar-refractivity contribution < 1.29 is 29.1 Å². The van der Waals surface area contributed by atoms with Gasteiger partial charge in [0, 0.05) is 12.2 Å². The van der Waals surface area contributed by atoms with Crippen LogP contribution in [0.2, 0.25) is 0 Å². The molecule has 0 bridgehead atoms. The van der Waals surface area contributed by atoms with Gasteiger partial charge < -0.3 is 38.3 Å². The van der Waals surface area contributed by atoms with Gasteiger partial charge in [-0.3, -0.25) is 19.2 Å². The fourth-order valence-electron chi connectivity index (χ4n) is 2.88. The Morgan fingerprint density at radius 2 is 1.55 bits per heavy atom. The van der Waals surface area contributed by atoms with E-state index in [0.29, 0.717) is 25.8 Å². The lowest BCUT2D eigenvalue weighted by atomic mass is 9.96. The molecule has 0 radical (unpaired) electrons. The van der Waals surface area contributed by atoms with Crippen LogP contribution in [0.4, 0.5) is 0 Å². The molecule has 33 heavy (non-hydrogen) atoms. The predicted molar refractivity (Wildman–Crippen MR) is 126 cm³/mol. The molecule has 13 heteroatoms. The van der Waals surface area contributed by atoms with Crippen LogP contribution >= 0.6 is 12.6 Å². The molecule has 5 unspecified atom stereocenters. The summed E-state index contributed by atoms with van der Waals surface area (Å²) in [4.78, 5) is 60.5. The third-order valence-electron chi connectivity index (χ3n) is 5.21. The van der Waals surface area contributed by atoms with Crippen LogP contribution in [-0.4, -0.2) is 71.2 Å². The summed E-state index contributed by atoms with van der Waals surface area (Å²) in [6, 6.07) is -4.34. The first-order valence-corrected chi connectivity index (χ1v) is 11.6. The topological polar surface area (TPSA) is 220 Å². The molecule has 0 fully saturated rings. The smallest absolute Gasteiger partial charge is 0.327 e. The Kier molecular flexibility index (Phi) is 15.1. The highest BCUT2D eigenvalue weighted by Crippen LogP contribution is 2.11. The van der Waals surface area contributed by atoms with Gasteiger partial charge in [-0.1, -0.05) is 26.7 Å². The Morgan fingerprint density at radius 1 is 0.939 bits per heavy atom. The number of aliphatic carboxylic acids is 1. The van der Waals surface area contributed by atoms with Crippen molar-refractivity contribution in [1.29, 1.82) is 0 Å². The lowest BCUT2D eigenvalue weighted by Gasteiger charge is -2.27. The Labute approximate surface area is 199 Å². The zero-order chi connectivity index (χ0) is 25.6. The van der Waals surface area contributed by atoms with Crippen LogP contribution in [0.1, 0.15) is 52.4 Å². The van der Waals surface area contributed by atoms with Crippen LogP contribution in [0.5, 0.6) is 0 Å². The molecule has 0 aromatic rings. The molecule has 0 aliphatic carbocycles. The predicted octanol–water partition coefficient (Wildman–Crippen LogP) is -1.78. The maximum absolute atomic E-state index is 13.0. The monoisotopic (exact) mass is 490 g/mol. The van der Waals surface area contributed by atoms with Crippen molar-refractivity contribution in [3.8, 4) is 0 Å². The first-order chi connectivity index (χ1) is 15.5. The van der Waals surface area contributed by atoms with Crippen LogP contribution < -0.4 is 33.2 Å². The van der Waals surface area contributed by atoms with Gasteiger partial charge in [0.15, 0.2) is 0 Å². The molecule has 190 valence electrons. The summed E-state index contributed by atoms with van der Waals surface area (Å²) in [5, 5.41) is 16.5. The fraction of sp³-hybridized carbons (Fsp3) is 0.750. The highest BCUT2D eigenvalue weighted by atomic mass is 32.1. The van der Waals surface area contributed by atoms with E-state index >= 15 is 0 Å². The fourth-order valence-corrected chi connectivity index (χ4v) is 3.12. The first-order valence-electron chi connectivity index (χ1n) is 11.0. The summed E-state index contributed by atoms with van der Waals surface area (Å²) in [6.45, 7) is 4.07. The summed E-state index contributed by atoms with van der Waals surface area (Å²) in [6.07, 6.45) is 1.96. The molecule has 0 aliphatic rings. The minimum atomic E-state index is -1.30. The zero-order valence-corrected chi connectivity index (χ0v) is 20.1. The zero-order valence-electron chi connectivity index (χ0n) is 19.2. The molecule has 0 heterocycles. The second-order valence-corrected chi connectivity index (χ2v) is 8.28. The molecule has 5 atom stereocenters. The maximum Gasteiger partial charge on any atom is 0.327 e. The van der Waals surface area contributed by atoms with Crippen LogP contribution in [0.3, 0.4) is 0 Å². The minimum Gasteiger partial charge on any atom is -0.480 e. The summed E-state index contributed by atoms with van der Waals surface area (Å²) < 4.78 is 0. The molecule has 0 saturated carbocycles. The molecule has 0 spiro atoms. The number of carbonyl (C=O) groups excluding carboxylic acids is 4. The molecule has 4 amide bonds. The van der Waals surface area contributed by atoms with Crippen LogP contribution in [0.25, 0.3) is 0 Å². The Bertz CT molecular complexity index is 679. The highest BCUT2D eigenvalue weighted by Gasteiger charge is 2.32. The van der Waals surface area contributed by atoms with Gasteiger partial charge in [-0.2, -0.15) is 12.6 Å². The lowest BCUT2D eigenvalue weighted by molar-refractivity contribution is -0.141. The quantitative estimate of drug-likeness (QED) is 0.0858. The molecule has 0 aliphatic heterocycles. The van der Waals surface area contributed by atoms with E-state index in [-0.39, 0.29) is 24.5 Å². The van der Waals surface area contributed by atoms with Crippen LogP contribution in [0, 0.1) is 5.92 Å². The number of nitrogens with two attached hydrogens (primary N) is 3. The van der Waals surface area contributed by atoms with E-state index in [9.17, 15) is 24.0 Å². The van der Waals surface area contributed by atoms with Crippen molar-refractivity contribution in [2.24, 2.45) is 23.1 Å². The standard InChI is InChI=1S/C20H38N6O6S/c1-3-11(2)16(26-17(28)12(22)6-4-5-9-21)19(30)24-13(7-8-15(23)27)18(29)25-14(10-33)20(31)32/h11-14,16,33H,3-10,21-22H2,1-2H3,(H2,23,27)(H,24,30)(H,25,29)(H,26,28)(H,31,32). The van der Waals surface area contributed by atoms with Crippen LogP contribution in [0.15, 0.2) is 0 Å². The van der Waals surface area contributed by atoms with Crippen molar-refractivity contribution in [3.63, 3.8) is 0 Å². The molecule has 12 nitrogen and oxygen atoms in total. The number of thiol groups is 1. The van der Waals surface area contributed by atoms with Crippen molar-refractivity contribution in [1.82, 2.24) is 16.0 Å². The molecule has 0 aromatic carbocycles. The van der Waals surface area contributed by atoms with Gasteiger partial charge in [0.25, 0.3) is 0 Å². The number of rotatable bonds is 17. The van der Waals surface area contributed by atoms with Crippen molar-refractivity contribution in [2.75, 3.05) is 12.3 Å². The summed E-state index contributed by atoms with van der Waals surface area (Å²) in [5.41, 5.74) is 16.5. The Morgan fingerprint density at radius 3 is 2.03 bits per heavy atom. The van der Waals surface area contributed by atoms with Gasteiger partial charge in [0.05, 0.1) is 6.04 Å². The first kappa shape index (κ1) is 30.6. The average molecular weight is 491 g/mol. The van der Waals surface area contributed by atoms with Gasteiger partial charge >= 0.3 is 5.97 Å². The molecule has 0 rings (SSSR count).